The average Bonchev–Trinajstić information content (AvgIpc) is 3.40. The van der Waals surface area contributed by atoms with Gasteiger partial charge in [-0.3, -0.25) is 4.79 Å². The second-order valence-electron chi connectivity index (χ2n) is 9.29. The minimum Gasteiger partial charge on any atom is -0.384 e. The van der Waals surface area contributed by atoms with E-state index in [4.69, 9.17) is 10.5 Å². The molecular formula is C29H23F2N3O2. The lowest BCUT2D eigenvalue weighted by Crippen LogP contribution is -2.24. The molecule has 2 aliphatic rings. The van der Waals surface area contributed by atoms with Crippen LogP contribution >= 0.6 is 0 Å². The van der Waals surface area contributed by atoms with Gasteiger partial charge in [0, 0.05) is 17.8 Å². The lowest BCUT2D eigenvalue weighted by molar-refractivity contribution is 0.0857. The zero-order valence-corrected chi connectivity index (χ0v) is 19.7. The quantitative estimate of drug-likeness (QED) is 0.392. The number of nitrogens with one attached hydrogen (secondary N) is 1. The number of pyridine rings is 1. The summed E-state index contributed by atoms with van der Waals surface area (Å²) in [6.07, 6.45) is -0.656. The van der Waals surface area contributed by atoms with E-state index in [0.29, 0.717) is 23.5 Å². The highest BCUT2D eigenvalue weighted by Gasteiger charge is 2.43. The van der Waals surface area contributed by atoms with Crippen LogP contribution in [0.2, 0.25) is 0 Å². The van der Waals surface area contributed by atoms with E-state index < -0.39 is 17.7 Å². The van der Waals surface area contributed by atoms with Crippen molar-refractivity contribution in [3.63, 3.8) is 0 Å². The molecule has 180 valence electrons. The van der Waals surface area contributed by atoms with E-state index in [1.165, 1.54) is 18.2 Å². The Kier molecular flexibility index (Phi) is 5.12. The lowest BCUT2D eigenvalue weighted by atomic mass is 9.83. The van der Waals surface area contributed by atoms with Crippen LogP contribution in [0.25, 0.3) is 11.1 Å². The molecule has 7 heteroatoms. The number of hydrogen-bond donors (Lipinski definition) is 2. The second-order valence-corrected chi connectivity index (χ2v) is 9.29. The highest BCUT2D eigenvalue weighted by molar-refractivity contribution is 5.94. The number of benzene rings is 3. The summed E-state index contributed by atoms with van der Waals surface area (Å²) in [5.74, 6) is -0.978. The summed E-state index contributed by atoms with van der Waals surface area (Å²) in [5, 5.41) is 2.97. The molecule has 5 nitrogen and oxygen atoms in total. The predicted octanol–water partition coefficient (Wildman–Crippen LogP) is 5.68. The van der Waals surface area contributed by atoms with Gasteiger partial charge in [0.25, 0.3) is 5.91 Å². The molecule has 2 atom stereocenters. The van der Waals surface area contributed by atoms with Crippen molar-refractivity contribution in [1.29, 1.82) is 0 Å². The SMILES string of the molecule is Cc1cc(N)nc(C)c1CNC(=O)c1ccc2c(c1)C1OC2c2ccc(-c3c(F)cccc3F)cc21. The van der Waals surface area contributed by atoms with Gasteiger partial charge in [0.05, 0.1) is 5.56 Å². The minimum absolute atomic E-state index is 0.0563. The Morgan fingerprint density at radius 1 is 0.944 bits per heavy atom. The van der Waals surface area contributed by atoms with Gasteiger partial charge in [-0.2, -0.15) is 0 Å². The number of hydrogen-bond acceptors (Lipinski definition) is 4. The summed E-state index contributed by atoms with van der Waals surface area (Å²) in [5.41, 5.74) is 13.1. The minimum atomic E-state index is -0.611. The number of fused-ring (bicyclic) bond motifs is 8. The first kappa shape index (κ1) is 22.4. The van der Waals surface area contributed by atoms with Crippen LogP contribution in [-0.2, 0) is 11.3 Å². The number of rotatable bonds is 4. The zero-order valence-electron chi connectivity index (χ0n) is 19.7. The molecule has 2 aliphatic heterocycles. The number of carbonyl (C=O) groups excluding carboxylic acids is 1. The molecule has 1 aromatic heterocycles. The maximum Gasteiger partial charge on any atom is 0.251 e. The molecule has 0 spiro atoms. The predicted molar refractivity (Wildman–Crippen MR) is 132 cm³/mol. The van der Waals surface area contributed by atoms with Crippen molar-refractivity contribution in [2.45, 2.75) is 32.6 Å². The summed E-state index contributed by atoms with van der Waals surface area (Å²) >= 11 is 0. The molecular weight excluding hydrogens is 460 g/mol. The van der Waals surface area contributed by atoms with E-state index in [2.05, 4.69) is 10.3 Å². The molecule has 36 heavy (non-hydrogen) atoms. The molecule has 6 rings (SSSR count). The Morgan fingerprint density at radius 3 is 2.33 bits per heavy atom. The van der Waals surface area contributed by atoms with E-state index in [-0.39, 0.29) is 17.6 Å². The van der Waals surface area contributed by atoms with Crippen LogP contribution in [0.15, 0.2) is 60.7 Å². The maximum absolute atomic E-state index is 14.4. The number of nitrogens with zero attached hydrogens (tertiary/aromatic N) is 1. The molecule has 3 N–H and O–H groups in total. The van der Waals surface area contributed by atoms with Crippen molar-refractivity contribution < 1.29 is 18.3 Å². The number of halogens is 2. The number of nitrogen functional groups attached to an aromatic ring is 1. The van der Waals surface area contributed by atoms with E-state index in [1.807, 2.05) is 32.0 Å². The molecule has 0 saturated heterocycles. The fraction of sp³-hybridized carbons (Fsp3) is 0.172. The Labute approximate surface area is 206 Å². The van der Waals surface area contributed by atoms with Gasteiger partial charge in [-0.05, 0) is 89.2 Å². The number of amides is 1. The van der Waals surface area contributed by atoms with Crippen molar-refractivity contribution in [2.75, 3.05) is 5.73 Å². The molecule has 1 amide bonds. The summed E-state index contributed by atoms with van der Waals surface area (Å²) < 4.78 is 35.0. The van der Waals surface area contributed by atoms with E-state index in [1.54, 1.807) is 24.3 Å². The summed E-state index contributed by atoms with van der Waals surface area (Å²) in [6, 6.07) is 16.6. The third-order valence-electron chi connectivity index (χ3n) is 7.09. The molecule has 0 fully saturated rings. The highest BCUT2D eigenvalue weighted by Crippen LogP contribution is 2.55. The van der Waals surface area contributed by atoms with Crippen LogP contribution in [0.1, 0.15) is 61.6 Å². The average molecular weight is 484 g/mol. The van der Waals surface area contributed by atoms with Gasteiger partial charge in [0.15, 0.2) is 0 Å². The van der Waals surface area contributed by atoms with Crippen LogP contribution in [0.3, 0.4) is 0 Å². The van der Waals surface area contributed by atoms with Crippen molar-refractivity contribution in [3.8, 4) is 11.1 Å². The van der Waals surface area contributed by atoms with Gasteiger partial charge >= 0.3 is 0 Å². The summed E-state index contributed by atoms with van der Waals surface area (Å²) in [4.78, 5) is 17.3. The van der Waals surface area contributed by atoms with E-state index >= 15 is 0 Å². The molecule has 3 aromatic carbocycles. The van der Waals surface area contributed by atoms with Crippen LogP contribution in [0, 0.1) is 25.5 Å². The monoisotopic (exact) mass is 483 g/mol. The Hall–Kier alpha value is -4.10. The molecule has 0 aliphatic carbocycles. The van der Waals surface area contributed by atoms with Crippen molar-refractivity contribution in [3.05, 3.63) is 117 Å². The molecule has 4 aromatic rings. The topological polar surface area (TPSA) is 77.2 Å². The number of nitrogens with two attached hydrogens (primary N) is 1. The molecule has 2 bridgehead atoms. The first-order valence-electron chi connectivity index (χ1n) is 11.7. The first-order valence-corrected chi connectivity index (χ1v) is 11.7. The van der Waals surface area contributed by atoms with Gasteiger partial charge in [0.2, 0.25) is 0 Å². The zero-order chi connectivity index (χ0) is 25.1. The van der Waals surface area contributed by atoms with Gasteiger partial charge in [0.1, 0.15) is 29.7 Å². The van der Waals surface area contributed by atoms with Crippen LogP contribution < -0.4 is 11.1 Å². The van der Waals surface area contributed by atoms with Gasteiger partial charge < -0.3 is 15.8 Å². The molecule has 3 heterocycles. The first-order chi connectivity index (χ1) is 17.3. The summed E-state index contributed by atoms with van der Waals surface area (Å²) in [7, 11) is 0. The second kappa shape index (κ2) is 8.24. The maximum atomic E-state index is 14.4. The number of aromatic nitrogens is 1. The van der Waals surface area contributed by atoms with Gasteiger partial charge in [-0.15, -0.1) is 0 Å². The lowest BCUT2D eigenvalue weighted by Gasteiger charge is -2.18. The normalized spacial score (nSPS) is 17.1. The largest absolute Gasteiger partial charge is 0.384 e. The van der Waals surface area contributed by atoms with Crippen molar-refractivity contribution in [2.24, 2.45) is 0 Å². The number of carbonyl (C=O) groups is 1. The smallest absolute Gasteiger partial charge is 0.251 e. The fourth-order valence-electron chi connectivity index (χ4n) is 5.34. The fourth-order valence-corrected chi connectivity index (χ4v) is 5.34. The molecule has 2 unspecified atom stereocenters. The van der Waals surface area contributed by atoms with E-state index in [9.17, 15) is 13.6 Å². The van der Waals surface area contributed by atoms with Crippen molar-refractivity contribution >= 4 is 11.7 Å². The van der Waals surface area contributed by atoms with E-state index in [0.717, 1.165) is 39.1 Å². The van der Waals surface area contributed by atoms with Crippen molar-refractivity contribution in [1.82, 2.24) is 10.3 Å². The third-order valence-corrected chi connectivity index (χ3v) is 7.09. The Morgan fingerprint density at radius 2 is 1.61 bits per heavy atom. The van der Waals surface area contributed by atoms with Gasteiger partial charge in [-0.1, -0.05) is 24.3 Å². The van der Waals surface area contributed by atoms with Crippen LogP contribution in [-0.4, -0.2) is 10.9 Å². The number of anilines is 1. The molecule has 0 radical (unpaired) electrons. The standard InChI is InChI=1S/C29H23F2N3O2/c1-14-10-25(32)34-15(2)22(14)13-33-29(35)17-7-9-19-21(12-17)28-20-11-16(6-8-18(20)27(19)36-28)26-23(30)4-3-5-24(26)31/h3-12,27-28H,13H2,1-2H3,(H2,32,34)(H,33,35). The number of aryl methyl sites for hydroxylation is 2. The number of ether oxygens (including phenoxy) is 1. The van der Waals surface area contributed by atoms with Crippen LogP contribution in [0.5, 0.6) is 0 Å². The van der Waals surface area contributed by atoms with Gasteiger partial charge in [-0.25, -0.2) is 13.8 Å². The third kappa shape index (κ3) is 3.46. The Bertz CT molecular complexity index is 1520. The summed E-state index contributed by atoms with van der Waals surface area (Å²) in [6.45, 7) is 4.14. The Balaban J connectivity index is 1.28. The highest BCUT2D eigenvalue weighted by atomic mass is 19.1. The molecule has 0 saturated carbocycles. The van der Waals surface area contributed by atoms with Crippen LogP contribution in [0.4, 0.5) is 14.6 Å².